The van der Waals surface area contributed by atoms with Gasteiger partial charge in [-0.25, -0.2) is 4.98 Å². The highest BCUT2D eigenvalue weighted by Gasteiger charge is 2.28. The largest absolute Gasteiger partial charge is 0.488 e. The quantitative estimate of drug-likeness (QED) is 0.815. The van der Waals surface area contributed by atoms with Crippen molar-refractivity contribution in [3.63, 3.8) is 0 Å². The van der Waals surface area contributed by atoms with Gasteiger partial charge < -0.3 is 9.47 Å². The van der Waals surface area contributed by atoms with Crippen LogP contribution in [0.1, 0.15) is 53.2 Å². The summed E-state index contributed by atoms with van der Waals surface area (Å²) in [4.78, 5) is 4.62. The topological polar surface area (TPSA) is 31.4 Å². The van der Waals surface area contributed by atoms with E-state index < -0.39 is 0 Å². The van der Waals surface area contributed by atoms with Crippen molar-refractivity contribution in [2.75, 3.05) is 0 Å². The van der Waals surface area contributed by atoms with Crippen molar-refractivity contribution >= 4 is 0 Å². The Hall–Kier alpha value is -1.25. The number of hydrogen-bond acceptors (Lipinski definition) is 3. The summed E-state index contributed by atoms with van der Waals surface area (Å²) in [5.41, 5.74) is 0.938. The summed E-state index contributed by atoms with van der Waals surface area (Å²) in [7, 11) is 0. The summed E-state index contributed by atoms with van der Waals surface area (Å²) in [6.45, 7) is 10.5. The average Bonchev–Trinajstić information content (AvgIpc) is 3.02. The summed E-state index contributed by atoms with van der Waals surface area (Å²) in [5, 5.41) is 0. The minimum atomic E-state index is -0.0411. The fourth-order valence-electron chi connectivity index (χ4n) is 1.73. The Kier molecular flexibility index (Phi) is 3.51. The molecule has 1 fully saturated rings. The first-order chi connectivity index (χ1) is 8.36. The molecule has 0 N–H and O–H groups in total. The fraction of sp³-hybridized carbons (Fsp3) is 0.667. The van der Waals surface area contributed by atoms with Crippen LogP contribution in [0.3, 0.4) is 0 Å². The van der Waals surface area contributed by atoms with E-state index in [-0.39, 0.29) is 11.5 Å². The van der Waals surface area contributed by atoms with Crippen LogP contribution in [0.5, 0.6) is 11.6 Å². The molecular weight excluding hydrogens is 226 g/mol. The zero-order chi connectivity index (χ0) is 13.3. The average molecular weight is 249 g/mol. The Bertz CT molecular complexity index is 417. The second-order valence-electron chi connectivity index (χ2n) is 6.23. The van der Waals surface area contributed by atoms with Gasteiger partial charge in [0.25, 0.3) is 0 Å². The molecule has 1 aliphatic rings. The molecule has 0 radical (unpaired) electrons. The Labute approximate surface area is 110 Å². The second-order valence-corrected chi connectivity index (χ2v) is 6.23. The van der Waals surface area contributed by atoms with Crippen molar-refractivity contribution in [1.82, 2.24) is 4.98 Å². The van der Waals surface area contributed by atoms with Gasteiger partial charge in [-0.3, -0.25) is 0 Å². The minimum absolute atomic E-state index is 0.0411. The Balaban J connectivity index is 2.28. The van der Waals surface area contributed by atoms with Gasteiger partial charge in [-0.2, -0.15) is 0 Å². The van der Waals surface area contributed by atoms with E-state index in [1.807, 2.05) is 26.0 Å². The highest BCUT2D eigenvalue weighted by atomic mass is 16.5. The molecule has 0 aliphatic heterocycles. The zero-order valence-electron chi connectivity index (χ0n) is 12.0. The third-order valence-electron chi connectivity index (χ3n) is 2.72. The molecule has 3 nitrogen and oxygen atoms in total. The summed E-state index contributed by atoms with van der Waals surface area (Å²) >= 11 is 0. The normalized spacial score (nSPS) is 15.9. The van der Waals surface area contributed by atoms with Crippen LogP contribution in [-0.4, -0.2) is 17.2 Å². The van der Waals surface area contributed by atoms with Crippen LogP contribution in [0.25, 0.3) is 0 Å². The monoisotopic (exact) mass is 249 g/mol. The van der Waals surface area contributed by atoms with Crippen LogP contribution in [0.4, 0.5) is 0 Å². The molecule has 18 heavy (non-hydrogen) atoms. The number of ether oxygens (including phenoxy) is 2. The Morgan fingerprint density at radius 2 is 1.89 bits per heavy atom. The van der Waals surface area contributed by atoms with Gasteiger partial charge in [-0.05, 0) is 32.8 Å². The van der Waals surface area contributed by atoms with Gasteiger partial charge >= 0.3 is 0 Å². The lowest BCUT2D eigenvalue weighted by atomic mass is 9.91. The van der Waals surface area contributed by atoms with Crippen LogP contribution in [0.15, 0.2) is 12.1 Å². The summed E-state index contributed by atoms with van der Waals surface area (Å²) < 4.78 is 11.6. The first-order valence-electron chi connectivity index (χ1n) is 6.71. The first-order valence-corrected chi connectivity index (χ1v) is 6.71. The van der Waals surface area contributed by atoms with Gasteiger partial charge in [0.05, 0.1) is 17.9 Å². The molecule has 1 aliphatic carbocycles. The van der Waals surface area contributed by atoms with Crippen LogP contribution in [0, 0.1) is 0 Å². The predicted octanol–water partition coefficient (Wildman–Crippen LogP) is 3.71. The Morgan fingerprint density at radius 3 is 2.39 bits per heavy atom. The van der Waals surface area contributed by atoms with Gasteiger partial charge in [0, 0.05) is 11.5 Å². The molecule has 1 aromatic heterocycles. The van der Waals surface area contributed by atoms with Crippen molar-refractivity contribution in [2.24, 2.45) is 0 Å². The fourth-order valence-corrected chi connectivity index (χ4v) is 1.73. The van der Waals surface area contributed by atoms with E-state index in [0.29, 0.717) is 12.0 Å². The molecule has 0 amide bonds. The first kappa shape index (κ1) is 13.2. The lowest BCUT2D eigenvalue weighted by Crippen LogP contribution is -2.17. The zero-order valence-corrected chi connectivity index (χ0v) is 12.0. The summed E-state index contributed by atoms with van der Waals surface area (Å²) in [5.74, 6) is 1.58. The number of hydrogen-bond donors (Lipinski definition) is 0. The third-order valence-corrected chi connectivity index (χ3v) is 2.72. The van der Waals surface area contributed by atoms with Crippen LogP contribution < -0.4 is 9.47 Å². The van der Waals surface area contributed by atoms with Gasteiger partial charge in [0.1, 0.15) is 5.75 Å². The van der Waals surface area contributed by atoms with Gasteiger partial charge in [0.2, 0.25) is 5.88 Å². The van der Waals surface area contributed by atoms with Crippen molar-refractivity contribution in [2.45, 2.75) is 65.1 Å². The van der Waals surface area contributed by atoms with E-state index in [9.17, 15) is 0 Å². The van der Waals surface area contributed by atoms with Crippen LogP contribution in [-0.2, 0) is 5.41 Å². The molecule has 100 valence electrons. The molecular formula is C15H23NO2. The van der Waals surface area contributed by atoms with Crippen molar-refractivity contribution in [1.29, 1.82) is 0 Å². The highest BCUT2D eigenvalue weighted by Crippen LogP contribution is 2.35. The van der Waals surface area contributed by atoms with Gasteiger partial charge in [0.15, 0.2) is 0 Å². The van der Waals surface area contributed by atoms with Crippen LogP contribution >= 0.6 is 0 Å². The number of nitrogens with zero attached hydrogens (tertiary/aromatic N) is 1. The maximum Gasteiger partial charge on any atom is 0.213 e. The molecule has 1 saturated carbocycles. The number of pyridine rings is 1. The molecule has 0 saturated heterocycles. The predicted molar refractivity (Wildman–Crippen MR) is 72.4 cm³/mol. The SMILES string of the molecule is CC(C)Oc1ccc(OC2CC2)c(C(C)(C)C)n1. The number of aromatic nitrogens is 1. The van der Waals surface area contributed by atoms with Crippen LogP contribution in [0.2, 0.25) is 0 Å². The van der Waals surface area contributed by atoms with Crippen molar-refractivity contribution in [3.05, 3.63) is 17.8 Å². The summed E-state index contributed by atoms with van der Waals surface area (Å²) in [6, 6.07) is 3.89. The maximum absolute atomic E-state index is 5.92. The van der Waals surface area contributed by atoms with E-state index in [4.69, 9.17) is 9.47 Å². The molecule has 1 aromatic rings. The highest BCUT2D eigenvalue weighted by molar-refractivity contribution is 5.36. The standard InChI is InChI=1S/C15H23NO2/c1-10(2)17-13-9-8-12(18-11-6-7-11)14(16-13)15(3,4)5/h8-11H,6-7H2,1-5H3. The molecule has 2 rings (SSSR count). The molecule has 0 aromatic carbocycles. The Morgan fingerprint density at radius 1 is 1.22 bits per heavy atom. The number of rotatable bonds is 4. The van der Waals surface area contributed by atoms with Crippen molar-refractivity contribution < 1.29 is 9.47 Å². The maximum atomic E-state index is 5.92. The smallest absolute Gasteiger partial charge is 0.213 e. The molecule has 3 heteroatoms. The molecule has 0 spiro atoms. The van der Waals surface area contributed by atoms with E-state index >= 15 is 0 Å². The van der Waals surface area contributed by atoms with Gasteiger partial charge in [-0.15, -0.1) is 0 Å². The van der Waals surface area contributed by atoms with Gasteiger partial charge in [-0.1, -0.05) is 20.8 Å². The van der Waals surface area contributed by atoms with E-state index in [2.05, 4.69) is 25.8 Å². The molecule has 0 bridgehead atoms. The van der Waals surface area contributed by atoms with E-state index in [1.54, 1.807) is 0 Å². The van der Waals surface area contributed by atoms with Crippen molar-refractivity contribution in [3.8, 4) is 11.6 Å². The minimum Gasteiger partial charge on any atom is -0.488 e. The van der Waals surface area contributed by atoms with E-state index in [1.165, 1.54) is 0 Å². The second kappa shape index (κ2) is 4.79. The lowest BCUT2D eigenvalue weighted by Gasteiger charge is -2.22. The molecule has 0 atom stereocenters. The molecule has 0 unspecified atom stereocenters. The lowest BCUT2D eigenvalue weighted by molar-refractivity contribution is 0.228. The molecule has 1 heterocycles. The summed E-state index contributed by atoms with van der Waals surface area (Å²) in [6.07, 6.45) is 2.85. The van der Waals surface area contributed by atoms with E-state index in [0.717, 1.165) is 24.3 Å². The third kappa shape index (κ3) is 3.37.